The predicted molar refractivity (Wildman–Crippen MR) is 85.4 cm³/mol. The second-order valence-electron chi connectivity index (χ2n) is 5.21. The van der Waals surface area contributed by atoms with Crippen molar-refractivity contribution in [3.05, 3.63) is 23.9 Å². The Bertz CT molecular complexity index is 458. The van der Waals surface area contributed by atoms with E-state index in [0.29, 0.717) is 11.4 Å². The molecule has 0 unspecified atom stereocenters. The summed E-state index contributed by atoms with van der Waals surface area (Å²) in [7, 11) is 0. The summed E-state index contributed by atoms with van der Waals surface area (Å²) >= 11 is 1.89. The van der Waals surface area contributed by atoms with Crippen molar-refractivity contribution in [1.29, 1.82) is 0 Å². The maximum atomic E-state index is 12.4. The third kappa shape index (κ3) is 3.45. The number of nitrogens with zero attached hydrogens (tertiary/aromatic N) is 1. The number of carbonyl (C=O) groups is 1. The molecule has 0 aromatic carbocycles. The zero-order valence-electron chi connectivity index (χ0n) is 12.2. The number of anilines is 1. The molecule has 1 aromatic rings. The zero-order valence-corrected chi connectivity index (χ0v) is 13.1. The lowest BCUT2D eigenvalue weighted by Gasteiger charge is -2.27. The van der Waals surface area contributed by atoms with Gasteiger partial charge < -0.3 is 10.6 Å². The average Bonchev–Trinajstić information content (AvgIpc) is 2.95. The molecule has 1 saturated carbocycles. The second kappa shape index (κ2) is 6.97. The topological polar surface area (TPSA) is 54.0 Å². The van der Waals surface area contributed by atoms with Crippen LogP contribution in [-0.2, 0) is 0 Å². The van der Waals surface area contributed by atoms with Crippen LogP contribution >= 0.6 is 11.8 Å². The summed E-state index contributed by atoms with van der Waals surface area (Å²) in [6.07, 6.45) is 8.78. The van der Waals surface area contributed by atoms with E-state index in [9.17, 15) is 4.79 Å². The number of aromatic nitrogens is 1. The van der Waals surface area contributed by atoms with E-state index in [4.69, 9.17) is 0 Å². The minimum atomic E-state index is -0.0330. The first-order valence-corrected chi connectivity index (χ1v) is 8.45. The molecular weight excluding hydrogens is 270 g/mol. The number of hydrogen-bond acceptors (Lipinski definition) is 4. The quantitative estimate of drug-likeness (QED) is 0.847. The number of nitrogens with one attached hydrogen (secondary N) is 2. The van der Waals surface area contributed by atoms with E-state index in [2.05, 4.69) is 21.9 Å². The summed E-state index contributed by atoms with van der Waals surface area (Å²) in [4.78, 5) is 16.6. The van der Waals surface area contributed by atoms with Crippen LogP contribution in [0.1, 0.15) is 43.0 Å². The molecule has 4 nitrogen and oxygen atoms in total. The molecule has 1 amide bonds. The molecule has 0 bridgehead atoms. The van der Waals surface area contributed by atoms with Gasteiger partial charge in [-0.15, -0.1) is 0 Å². The van der Waals surface area contributed by atoms with Gasteiger partial charge >= 0.3 is 0 Å². The van der Waals surface area contributed by atoms with Gasteiger partial charge in [0, 0.05) is 24.0 Å². The van der Waals surface area contributed by atoms with Gasteiger partial charge in [0.1, 0.15) is 5.82 Å². The fourth-order valence-electron chi connectivity index (χ4n) is 2.71. The molecule has 0 atom stereocenters. The van der Waals surface area contributed by atoms with Gasteiger partial charge in [0.25, 0.3) is 5.91 Å². The van der Waals surface area contributed by atoms with Gasteiger partial charge in [-0.25, -0.2) is 4.98 Å². The number of hydrogen-bond donors (Lipinski definition) is 2. The Morgan fingerprint density at radius 2 is 2.20 bits per heavy atom. The summed E-state index contributed by atoms with van der Waals surface area (Å²) in [5.41, 5.74) is 0.628. The third-order valence-corrected chi connectivity index (χ3v) is 5.33. The summed E-state index contributed by atoms with van der Waals surface area (Å²) < 4.78 is 0.232. The molecule has 5 heteroatoms. The molecule has 0 spiro atoms. The Hall–Kier alpha value is -1.23. The molecule has 1 heterocycles. The molecule has 0 aliphatic heterocycles. The van der Waals surface area contributed by atoms with Crippen molar-refractivity contribution < 1.29 is 4.79 Å². The first-order chi connectivity index (χ1) is 9.71. The van der Waals surface area contributed by atoms with E-state index in [0.717, 1.165) is 13.1 Å². The van der Waals surface area contributed by atoms with E-state index < -0.39 is 0 Å². The zero-order chi connectivity index (χ0) is 14.4. The Balaban J connectivity index is 2.01. The van der Waals surface area contributed by atoms with Crippen LogP contribution in [0.2, 0.25) is 0 Å². The van der Waals surface area contributed by atoms with Crippen molar-refractivity contribution in [3.8, 4) is 0 Å². The first-order valence-electron chi connectivity index (χ1n) is 7.23. The van der Waals surface area contributed by atoms with Crippen molar-refractivity contribution in [1.82, 2.24) is 10.3 Å². The van der Waals surface area contributed by atoms with Crippen molar-refractivity contribution in [2.24, 2.45) is 0 Å². The first kappa shape index (κ1) is 15.2. The molecule has 20 heavy (non-hydrogen) atoms. The smallest absolute Gasteiger partial charge is 0.255 e. The van der Waals surface area contributed by atoms with Crippen LogP contribution in [0.25, 0.3) is 0 Å². The third-order valence-electron chi connectivity index (χ3n) is 3.92. The SMILES string of the molecule is CCNc1ncccc1C(=O)NCC1(SC)CCCC1. The van der Waals surface area contributed by atoms with Crippen LogP contribution in [0.3, 0.4) is 0 Å². The Labute approximate surface area is 125 Å². The highest BCUT2D eigenvalue weighted by Crippen LogP contribution is 2.39. The van der Waals surface area contributed by atoms with Gasteiger partial charge in [-0.2, -0.15) is 11.8 Å². The second-order valence-corrected chi connectivity index (χ2v) is 6.48. The van der Waals surface area contributed by atoms with Crippen LogP contribution in [-0.4, -0.2) is 35.0 Å². The van der Waals surface area contributed by atoms with Gasteiger partial charge in [0.15, 0.2) is 0 Å². The number of thioether (sulfide) groups is 1. The molecule has 1 aliphatic rings. The largest absolute Gasteiger partial charge is 0.370 e. The maximum Gasteiger partial charge on any atom is 0.255 e. The molecule has 1 fully saturated rings. The van der Waals surface area contributed by atoms with Gasteiger partial charge in [0.05, 0.1) is 5.56 Å². The van der Waals surface area contributed by atoms with Crippen molar-refractivity contribution in [3.63, 3.8) is 0 Å². The van der Waals surface area contributed by atoms with Gasteiger partial charge in [-0.3, -0.25) is 4.79 Å². The van der Waals surface area contributed by atoms with E-state index >= 15 is 0 Å². The molecule has 2 rings (SSSR count). The Morgan fingerprint density at radius 1 is 1.45 bits per heavy atom. The van der Waals surface area contributed by atoms with Crippen LogP contribution in [0, 0.1) is 0 Å². The fourth-order valence-corrected chi connectivity index (χ4v) is 3.62. The summed E-state index contributed by atoms with van der Waals surface area (Å²) in [5.74, 6) is 0.631. The van der Waals surface area contributed by atoms with E-state index in [1.54, 1.807) is 12.3 Å². The highest BCUT2D eigenvalue weighted by Gasteiger charge is 2.33. The van der Waals surface area contributed by atoms with E-state index in [1.807, 2.05) is 24.8 Å². The van der Waals surface area contributed by atoms with Gasteiger partial charge in [-0.1, -0.05) is 12.8 Å². The monoisotopic (exact) mass is 293 g/mol. The van der Waals surface area contributed by atoms with Crippen LogP contribution < -0.4 is 10.6 Å². The maximum absolute atomic E-state index is 12.4. The van der Waals surface area contributed by atoms with Gasteiger partial charge in [-0.05, 0) is 38.2 Å². The Morgan fingerprint density at radius 3 is 2.85 bits per heavy atom. The lowest BCUT2D eigenvalue weighted by Crippen LogP contribution is -2.38. The van der Waals surface area contributed by atoms with Crippen LogP contribution in [0.5, 0.6) is 0 Å². The normalized spacial score (nSPS) is 16.9. The van der Waals surface area contributed by atoms with E-state index in [-0.39, 0.29) is 10.7 Å². The molecular formula is C15H23N3OS. The molecule has 0 radical (unpaired) electrons. The predicted octanol–water partition coefficient (Wildman–Crippen LogP) is 2.92. The van der Waals surface area contributed by atoms with Crippen molar-refractivity contribution in [2.75, 3.05) is 24.7 Å². The molecule has 1 aromatic heterocycles. The standard InChI is InChI=1S/C15H23N3OS/c1-3-16-13-12(7-6-10-17-13)14(19)18-11-15(20-2)8-4-5-9-15/h6-7,10H,3-5,8-9,11H2,1-2H3,(H,16,17)(H,18,19). The minimum absolute atomic E-state index is 0.0330. The number of pyridine rings is 1. The molecule has 0 saturated heterocycles. The number of amides is 1. The molecule has 110 valence electrons. The lowest BCUT2D eigenvalue weighted by atomic mass is 10.1. The summed E-state index contributed by atoms with van der Waals surface area (Å²) in [5, 5.41) is 6.22. The molecule has 1 aliphatic carbocycles. The minimum Gasteiger partial charge on any atom is -0.370 e. The van der Waals surface area contributed by atoms with Crippen LogP contribution in [0.15, 0.2) is 18.3 Å². The summed E-state index contributed by atoms with van der Waals surface area (Å²) in [6.45, 7) is 3.50. The number of rotatable bonds is 6. The summed E-state index contributed by atoms with van der Waals surface area (Å²) in [6, 6.07) is 3.62. The molecule has 2 N–H and O–H groups in total. The van der Waals surface area contributed by atoms with E-state index in [1.165, 1.54) is 25.7 Å². The van der Waals surface area contributed by atoms with Crippen molar-refractivity contribution in [2.45, 2.75) is 37.4 Å². The van der Waals surface area contributed by atoms with Crippen molar-refractivity contribution >= 4 is 23.5 Å². The average molecular weight is 293 g/mol. The number of carbonyl (C=O) groups excluding carboxylic acids is 1. The highest BCUT2D eigenvalue weighted by atomic mass is 32.2. The fraction of sp³-hybridized carbons (Fsp3) is 0.600. The van der Waals surface area contributed by atoms with Crippen LogP contribution in [0.4, 0.5) is 5.82 Å². The highest BCUT2D eigenvalue weighted by molar-refractivity contribution is 8.00. The van der Waals surface area contributed by atoms with Gasteiger partial charge in [0.2, 0.25) is 0 Å². The lowest BCUT2D eigenvalue weighted by molar-refractivity contribution is 0.0950. The Kier molecular flexibility index (Phi) is 5.29.